The predicted molar refractivity (Wildman–Crippen MR) is 95.3 cm³/mol. The maximum Gasteiger partial charge on any atom is 0.191 e. The molecule has 4 heteroatoms. The molecule has 1 saturated carbocycles. The maximum atomic E-state index is 11.7. The van der Waals surface area contributed by atoms with Crippen molar-refractivity contribution in [3.8, 4) is 0 Å². The van der Waals surface area contributed by atoms with Crippen molar-refractivity contribution in [3.63, 3.8) is 0 Å². The summed E-state index contributed by atoms with van der Waals surface area (Å²) in [7, 11) is 0. The minimum Gasteiger partial charge on any atom is -0.398 e. The Morgan fingerprint density at radius 3 is 2.68 bits per heavy atom. The Morgan fingerprint density at radius 1 is 1.32 bits per heavy atom. The molecule has 0 aromatic carbocycles. The lowest BCUT2D eigenvalue weighted by molar-refractivity contribution is -0.115. The number of nitrogens with two attached hydrogens (primary N) is 1. The third-order valence-corrected chi connectivity index (χ3v) is 5.48. The van der Waals surface area contributed by atoms with E-state index in [9.17, 15) is 4.79 Å². The van der Waals surface area contributed by atoms with Crippen molar-refractivity contribution in [1.29, 1.82) is 0 Å². The molecule has 0 aromatic rings. The fourth-order valence-corrected chi connectivity index (χ4v) is 3.85. The first-order chi connectivity index (χ1) is 10.6. The van der Waals surface area contributed by atoms with E-state index < -0.39 is 0 Å². The number of thioether (sulfide) groups is 1. The predicted octanol–water partition coefficient (Wildman–Crippen LogP) is 3.74. The van der Waals surface area contributed by atoms with Crippen LogP contribution in [0.25, 0.3) is 0 Å². The van der Waals surface area contributed by atoms with Gasteiger partial charge in [-0.1, -0.05) is 30.5 Å². The first kappa shape index (κ1) is 17.2. The van der Waals surface area contributed by atoms with Crippen LogP contribution in [0.5, 0.6) is 0 Å². The molecule has 0 amide bonds. The summed E-state index contributed by atoms with van der Waals surface area (Å²) in [6.07, 6.45) is 13.8. The second-order valence-corrected chi connectivity index (χ2v) is 7.12. The van der Waals surface area contributed by atoms with Gasteiger partial charge in [0, 0.05) is 29.4 Å². The average molecular weight is 321 g/mol. The highest BCUT2D eigenvalue weighted by atomic mass is 32.2. The molecule has 122 valence electrons. The number of allylic oxidation sites excluding steroid dienone is 2. The van der Waals surface area contributed by atoms with E-state index in [0.717, 1.165) is 68.5 Å². The lowest BCUT2D eigenvalue weighted by atomic mass is 9.82. The Kier molecular flexibility index (Phi) is 6.62. The van der Waals surface area contributed by atoms with E-state index in [0.29, 0.717) is 11.0 Å². The summed E-state index contributed by atoms with van der Waals surface area (Å²) >= 11 is 1.38. The van der Waals surface area contributed by atoms with E-state index in [1.165, 1.54) is 11.8 Å². The van der Waals surface area contributed by atoms with Crippen molar-refractivity contribution in [2.24, 2.45) is 17.6 Å². The summed E-state index contributed by atoms with van der Waals surface area (Å²) in [6, 6.07) is 0. The van der Waals surface area contributed by atoms with Gasteiger partial charge in [0.25, 0.3) is 0 Å². The normalized spacial score (nSPS) is 25.7. The monoisotopic (exact) mass is 320 g/mol. The quantitative estimate of drug-likeness (QED) is 0.810. The van der Waals surface area contributed by atoms with Gasteiger partial charge in [-0.25, -0.2) is 0 Å². The fraction of sp³-hybridized carbons (Fsp3) is 0.611. The lowest BCUT2D eigenvalue weighted by Gasteiger charge is -2.28. The van der Waals surface area contributed by atoms with Crippen LogP contribution in [0.4, 0.5) is 0 Å². The zero-order chi connectivity index (χ0) is 15.9. The van der Waals surface area contributed by atoms with E-state index in [-0.39, 0.29) is 5.92 Å². The van der Waals surface area contributed by atoms with Crippen molar-refractivity contribution in [3.05, 3.63) is 35.7 Å². The highest BCUT2D eigenvalue weighted by Crippen LogP contribution is 2.31. The van der Waals surface area contributed by atoms with E-state index in [2.05, 4.69) is 24.0 Å². The van der Waals surface area contributed by atoms with Crippen molar-refractivity contribution in [1.82, 2.24) is 5.32 Å². The van der Waals surface area contributed by atoms with Crippen LogP contribution in [-0.2, 0) is 4.79 Å². The molecule has 1 fully saturated rings. The molecule has 2 aliphatic rings. The van der Waals surface area contributed by atoms with Gasteiger partial charge >= 0.3 is 0 Å². The standard InChI is InChI=1S/C18H28N2OS/c1-13(16-6-4-3-5-7-17(16)19)20-12-14-8-10-15(11-9-14)18(21)22-2/h6-7,14-15,20H,1,3-5,8-12,19H2,2H3. The number of rotatable bonds is 5. The molecule has 0 aliphatic heterocycles. The molecule has 0 radical (unpaired) electrons. The molecule has 3 N–H and O–H groups in total. The van der Waals surface area contributed by atoms with Crippen molar-refractivity contribution in [2.75, 3.05) is 12.8 Å². The maximum absolute atomic E-state index is 11.7. The summed E-state index contributed by atoms with van der Waals surface area (Å²) in [4.78, 5) is 11.7. The number of nitrogens with one attached hydrogen (secondary N) is 1. The lowest BCUT2D eigenvalue weighted by Crippen LogP contribution is -2.28. The van der Waals surface area contributed by atoms with Gasteiger partial charge in [0.05, 0.1) is 0 Å². The molecule has 0 unspecified atom stereocenters. The first-order valence-electron chi connectivity index (χ1n) is 8.29. The fourth-order valence-electron chi connectivity index (χ4n) is 3.28. The molecule has 0 atom stereocenters. The summed E-state index contributed by atoms with van der Waals surface area (Å²) in [5.74, 6) is 0.914. The van der Waals surface area contributed by atoms with E-state index in [4.69, 9.17) is 5.73 Å². The topological polar surface area (TPSA) is 55.1 Å². The second kappa shape index (κ2) is 8.47. The van der Waals surface area contributed by atoms with Crippen LogP contribution in [0.15, 0.2) is 35.7 Å². The molecule has 0 saturated heterocycles. The van der Waals surface area contributed by atoms with Crippen LogP contribution in [-0.4, -0.2) is 17.9 Å². The van der Waals surface area contributed by atoms with Gasteiger partial charge in [0.15, 0.2) is 5.12 Å². The molecule has 0 bridgehead atoms. The van der Waals surface area contributed by atoms with Gasteiger partial charge in [0.1, 0.15) is 0 Å². The van der Waals surface area contributed by atoms with Crippen LogP contribution >= 0.6 is 11.8 Å². The Labute approximate surface area is 138 Å². The Morgan fingerprint density at radius 2 is 2.00 bits per heavy atom. The molecule has 0 spiro atoms. The van der Waals surface area contributed by atoms with Crippen LogP contribution in [0.1, 0.15) is 44.9 Å². The molecule has 0 aromatic heterocycles. The highest BCUT2D eigenvalue weighted by molar-refractivity contribution is 8.13. The summed E-state index contributed by atoms with van der Waals surface area (Å²) in [5.41, 5.74) is 8.97. The van der Waals surface area contributed by atoms with Gasteiger partial charge < -0.3 is 11.1 Å². The molecule has 2 rings (SSSR count). The summed E-state index contributed by atoms with van der Waals surface area (Å²) in [6.45, 7) is 5.09. The van der Waals surface area contributed by atoms with Crippen LogP contribution in [0.2, 0.25) is 0 Å². The highest BCUT2D eigenvalue weighted by Gasteiger charge is 2.25. The van der Waals surface area contributed by atoms with E-state index in [1.807, 2.05) is 6.26 Å². The first-order valence-corrected chi connectivity index (χ1v) is 9.51. The third-order valence-electron chi connectivity index (χ3n) is 4.74. The van der Waals surface area contributed by atoms with Gasteiger partial charge in [-0.05, 0) is 57.1 Å². The Hall–Kier alpha value is -1.16. The van der Waals surface area contributed by atoms with Crippen LogP contribution in [0, 0.1) is 11.8 Å². The molecular formula is C18H28N2OS. The summed E-state index contributed by atoms with van der Waals surface area (Å²) < 4.78 is 0. The number of carbonyl (C=O) groups excluding carboxylic acids is 1. The zero-order valence-electron chi connectivity index (χ0n) is 13.6. The van der Waals surface area contributed by atoms with Gasteiger partial charge in [-0.3, -0.25) is 4.79 Å². The van der Waals surface area contributed by atoms with Crippen molar-refractivity contribution >= 4 is 16.9 Å². The molecule has 3 nitrogen and oxygen atoms in total. The molecule has 22 heavy (non-hydrogen) atoms. The number of hydrogen-bond donors (Lipinski definition) is 2. The van der Waals surface area contributed by atoms with Gasteiger partial charge in [-0.15, -0.1) is 0 Å². The smallest absolute Gasteiger partial charge is 0.191 e. The SMILES string of the molecule is C=C(NCC1CCC(C(=O)SC)CC1)C1=CCCCC=C1N. The largest absolute Gasteiger partial charge is 0.398 e. The van der Waals surface area contributed by atoms with Crippen molar-refractivity contribution in [2.45, 2.75) is 44.9 Å². The number of hydrogen-bond acceptors (Lipinski definition) is 4. The van der Waals surface area contributed by atoms with Crippen LogP contribution in [0.3, 0.4) is 0 Å². The van der Waals surface area contributed by atoms with Crippen LogP contribution < -0.4 is 11.1 Å². The molecular weight excluding hydrogens is 292 g/mol. The van der Waals surface area contributed by atoms with Crippen molar-refractivity contribution < 1.29 is 4.79 Å². The van der Waals surface area contributed by atoms with E-state index in [1.54, 1.807) is 0 Å². The van der Waals surface area contributed by atoms with E-state index >= 15 is 0 Å². The molecule has 0 heterocycles. The van der Waals surface area contributed by atoms with Gasteiger partial charge in [-0.2, -0.15) is 0 Å². The third kappa shape index (κ3) is 4.67. The minimum atomic E-state index is 0.276. The minimum absolute atomic E-state index is 0.276. The zero-order valence-corrected chi connectivity index (χ0v) is 14.4. The average Bonchev–Trinajstić information content (AvgIpc) is 2.77. The summed E-state index contributed by atoms with van der Waals surface area (Å²) in [5, 5.41) is 3.82. The molecule has 2 aliphatic carbocycles. The number of carbonyl (C=O) groups is 1. The van der Waals surface area contributed by atoms with Gasteiger partial charge in [0.2, 0.25) is 0 Å². The Bertz CT molecular complexity index is 473. The second-order valence-electron chi connectivity index (χ2n) is 6.31. The Balaban J connectivity index is 1.78.